The second-order valence-corrected chi connectivity index (χ2v) is 6.21. The van der Waals surface area contributed by atoms with Crippen molar-refractivity contribution in [1.82, 2.24) is 10.2 Å². The minimum absolute atomic E-state index is 0.195. The van der Waals surface area contributed by atoms with Crippen LogP contribution in [0, 0.1) is 0 Å². The average molecular weight is 345 g/mol. The van der Waals surface area contributed by atoms with E-state index in [1.165, 1.54) is 11.1 Å². The van der Waals surface area contributed by atoms with Crippen molar-refractivity contribution in [1.29, 1.82) is 0 Å². The molecule has 1 amide bonds. The molecule has 1 N–H and O–H groups in total. The average Bonchev–Trinajstić information content (AvgIpc) is 2.61. The number of nitrogens with zero attached hydrogens (tertiary/aromatic N) is 1. The van der Waals surface area contributed by atoms with E-state index in [0.717, 1.165) is 24.5 Å². The molecule has 2 rings (SSSR count). The first-order chi connectivity index (χ1) is 11.7. The van der Waals surface area contributed by atoms with E-state index in [1.807, 2.05) is 54.3 Å². The molecule has 0 fully saturated rings. The lowest BCUT2D eigenvalue weighted by Crippen LogP contribution is -2.33. The highest BCUT2D eigenvalue weighted by Crippen LogP contribution is 2.09. The van der Waals surface area contributed by atoms with Crippen molar-refractivity contribution in [3.05, 3.63) is 70.7 Å². The molecule has 0 aliphatic heterocycles. The molecular weight excluding hydrogens is 320 g/mol. The number of carbonyl (C=O) groups is 1. The van der Waals surface area contributed by atoms with Crippen LogP contribution in [0.3, 0.4) is 0 Å². The Labute approximate surface area is 149 Å². The largest absolute Gasteiger partial charge is 0.339 e. The lowest BCUT2D eigenvalue weighted by Gasteiger charge is -2.21. The molecule has 0 saturated carbocycles. The van der Waals surface area contributed by atoms with Gasteiger partial charge in [0.2, 0.25) is 5.91 Å². The van der Waals surface area contributed by atoms with Crippen LogP contribution in [0.25, 0.3) is 0 Å². The fourth-order valence-electron chi connectivity index (χ4n) is 2.54. The van der Waals surface area contributed by atoms with E-state index >= 15 is 0 Å². The molecule has 2 aromatic carbocycles. The van der Waals surface area contributed by atoms with Crippen molar-refractivity contribution < 1.29 is 4.79 Å². The van der Waals surface area contributed by atoms with Gasteiger partial charge in [-0.3, -0.25) is 4.79 Å². The van der Waals surface area contributed by atoms with Crippen molar-refractivity contribution in [3.63, 3.8) is 0 Å². The molecule has 0 radical (unpaired) electrons. The van der Waals surface area contributed by atoms with Gasteiger partial charge in [-0.15, -0.1) is 0 Å². The number of hydrogen-bond acceptors (Lipinski definition) is 2. The van der Waals surface area contributed by atoms with Crippen molar-refractivity contribution in [2.45, 2.75) is 26.3 Å². The van der Waals surface area contributed by atoms with Gasteiger partial charge in [-0.25, -0.2) is 0 Å². The number of rotatable bonds is 9. The Morgan fingerprint density at radius 1 is 1.00 bits per heavy atom. The van der Waals surface area contributed by atoms with Gasteiger partial charge in [0.1, 0.15) is 0 Å². The van der Waals surface area contributed by atoms with Crippen LogP contribution in [0.4, 0.5) is 0 Å². The lowest BCUT2D eigenvalue weighted by atomic mass is 10.1. The van der Waals surface area contributed by atoms with Crippen LogP contribution in [0.1, 0.15) is 24.5 Å². The number of amides is 1. The van der Waals surface area contributed by atoms with E-state index in [2.05, 4.69) is 17.4 Å². The third-order valence-electron chi connectivity index (χ3n) is 3.97. The first kappa shape index (κ1) is 18.5. The number of halogens is 1. The van der Waals surface area contributed by atoms with Crippen LogP contribution in [0.5, 0.6) is 0 Å². The van der Waals surface area contributed by atoms with Crippen LogP contribution in [0.2, 0.25) is 5.02 Å². The highest BCUT2D eigenvalue weighted by molar-refractivity contribution is 6.30. The second-order valence-electron chi connectivity index (χ2n) is 5.77. The highest BCUT2D eigenvalue weighted by Gasteiger charge is 2.11. The maximum absolute atomic E-state index is 12.3. The predicted molar refractivity (Wildman–Crippen MR) is 100 cm³/mol. The molecule has 0 saturated heterocycles. The maximum atomic E-state index is 12.3. The summed E-state index contributed by atoms with van der Waals surface area (Å²) < 4.78 is 0. The third kappa shape index (κ3) is 6.34. The summed E-state index contributed by atoms with van der Waals surface area (Å²) in [5.74, 6) is 0.195. The van der Waals surface area contributed by atoms with Crippen LogP contribution in [-0.2, 0) is 17.8 Å². The minimum atomic E-state index is 0.195. The molecule has 3 nitrogen and oxygen atoms in total. The van der Waals surface area contributed by atoms with Gasteiger partial charge in [0.15, 0.2) is 0 Å². The molecule has 0 spiro atoms. The predicted octanol–water partition coefficient (Wildman–Crippen LogP) is 3.91. The number of benzene rings is 2. The molecule has 0 atom stereocenters. The molecular formula is C20H25ClN2O. The Bertz CT molecular complexity index is 613. The Morgan fingerprint density at radius 3 is 2.38 bits per heavy atom. The monoisotopic (exact) mass is 344 g/mol. The third-order valence-corrected chi connectivity index (χ3v) is 4.22. The molecule has 0 bridgehead atoms. The summed E-state index contributed by atoms with van der Waals surface area (Å²) in [6.07, 6.45) is 1.47. The van der Waals surface area contributed by atoms with Crippen LogP contribution < -0.4 is 5.32 Å². The van der Waals surface area contributed by atoms with E-state index in [9.17, 15) is 4.79 Å². The van der Waals surface area contributed by atoms with Crippen molar-refractivity contribution in [3.8, 4) is 0 Å². The first-order valence-electron chi connectivity index (χ1n) is 8.46. The van der Waals surface area contributed by atoms with Crippen molar-refractivity contribution >= 4 is 17.5 Å². The van der Waals surface area contributed by atoms with Gasteiger partial charge in [0, 0.05) is 31.1 Å². The van der Waals surface area contributed by atoms with E-state index in [1.54, 1.807) is 0 Å². The summed E-state index contributed by atoms with van der Waals surface area (Å²) in [6, 6.07) is 18.0. The van der Waals surface area contributed by atoms with Crippen molar-refractivity contribution in [2.75, 3.05) is 19.6 Å². The lowest BCUT2D eigenvalue weighted by molar-refractivity contribution is -0.131. The zero-order valence-corrected chi connectivity index (χ0v) is 14.9. The summed E-state index contributed by atoms with van der Waals surface area (Å²) in [5.41, 5.74) is 2.42. The van der Waals surface area contributed by atoms with E-state index in [-0.39, 0.29) is 5.91 Å². The molecule has 0 unspecified atom stereocenters. The fourth-order valence-corrected chi connectivity index (χ4v) is 2.67. The SMILES string of the molecule is CCN(Cc1ccccc1)C(=O)CCNCCc1ccc(Cl)cc1. The summed E-state index contributed by atoms with van der Waals surface area (Å²) >= 11 is 5.87. The molecule has 4 heteroatoms. The van der Waals surface area contributed by atoms with E-state index in [4.69, 9.17) is 11.6 Å². The molecule has 128 valence electrons. The molecule has 0 heterocycles. The normalized spacial score (nSPS) is 10.6. The molecule has 2 aromatic rings. The van der Waals surface area contributed by atoms with Gasteiger partial charge in [-0.05, 0) is 43.1 Å². The smallest absolute Gasteiger partial charge is 0.224 e. The molecule has 0 aliphatic carbocycles. The second kappa shape index (κ2) is 10.1. The molecule has 24 heavy (non-hydrogen) atoms. The summed E-state index contributed by atoms with van der Waals surface area (Å²) in [5, 5.41) is 4.10. The van der Waals surface area contributed by atoms with Gasteiger partial charge in [0.25, 0.3) is 0 Å². The Kier molecular flexibility index (Phi) is 7.80. The fraction of sp³-hybridized carbons (Fsp3) is 0.350. The summed E-state index contributed by atoms with van der Waals surface area (Å²) in [4.78, 5) is 14.2. The van der Waals surface area contributed by atoms with Crippen LogP contribution in [-0.4, -0.2) is 30.4 Å². The molecule has 0 aliphatic rings. The van der Waals surface area contributed by atoms with Gasteiger partial charge in [-0.1, -0.05) is 54.1 Å². The Hall–Kier alpha value is -1.84. The number of carbonyl (C=O) groups excluding carboxylic acids is 1. The Morgan fingerprint density at radius 2 is 1.71 bits per heavy atom. The van der Waals surface area contributed by atoms with Crippen LogP contribution >= 0.6 is 11.6 Å². The van der Waals surface area contributed by atoms with Gasteiger partial charge in [-0.2, -0.15) is 0 Å². The molecule has 0 aromatic heterocycles. The maximum Gasteiger partial charge on any atom is 0.224 e. The standard InChI is InChI=1S/C20H25ClN2O/c1-2-23(16-18-6-4-3-5-7-18)20(24)13-15-22-14-12-17-8-10-19(21)11-9-17/h3-11,22H,2,12-16H2,1H3. The summed E-state index contributed by atoms with van der Waals surface area (Å²) in [6.45, 7) is 5.01. The summed E-state index contributed by atoms with van der Waals surface area (Å²) in [7, 11) is 0. The minimum Gasteiger partial charge on any atom is -0.339 e. The van der Waals surface area contributed by atoms with E-state index in [0.29, 0.717) is 19.5 Å². The topological polar surface area (TPSA) is 32.3 Å². The Balaban J connectivity index is 1.66. The van der Waals surface area contributed by atoms with Crippen molar-refractivity contribution in [2.24, 2.45) is 0 Å². The highest BCUT2D eigenvalue weighted by atomic mass is 35.5. The van der Waals surface area contributed by atoms with Crippen LogP contribution in [0.15, 0.2) is 54.6 Å². The van der Waals surface area contributed by atoms with Gasteiger partial charge < -0.3 is 10.2 Å². The number of hydrogen-bond donors (Lipinski definition) is 1. The van der Waals surface area contributed by atoms with Gasteiger partial charge >= 0.3 is 0 Å². The van der Waals surface area contributed by atoms with Gasteiger partial charge in [0.05, 0.1) is 0 Å². The number of nitrogens with one attached hydrogen (secondary N) is 1. The van der Waals surface area contributed by atoms with E-state index < -0.39 is 0 Å². The zero-order valence-electron chi connectivity index (χ0n) is 14.2. The quantitative estimate of drug-likeness (QED) is 0.699. The zero-order chi connectivity index (χ0) is 17.2. The first-order valence-corrected chi connectivity index (χ1v) is 8.83.